The molecule has 0 bridgehead atoms. The molecule has 5 heteroatoms. The average Bonchev–Trinajstić information content (AvgIpc) is 3.11. The first-order valence-corrected chi connectivity index (χ1v) is 7.87. The van der Waals surface area contributed by atoms with E-state index in [1.54, 1.807) is 20.1 Å². The van der Waals surface area contributed by atoms with Gasteiger partial charge >= 0.3 is 0 Å². The molecule has 0 atom stereocenters. The van der Waals surface area contributed by atoms with Gasteiger partial charge in [0.2, 0.25) is 0 Å². The van der Waals surface area contributed by atoms with Gasteiger partial charge in [0.1, 0.15) is 5.75 Å². The monoisotopic (exact) mass is 333 g/mol. The maximum absolute atomic E-state index is 8.84. The molecule has 0 spiro atoms. The van der Waals surface area contributed by atoms with Crippen molar-refractivity contribution in [3.63, 3.8) is 0 Å². The fourth-order valence-electron chi connectivity index (χ4n) is 2.44. The van der Waals surface area contributed by atoms with Gasteiger partial charge in [-0.05, 0) is 55.5 Å². The Kier molecular flexibility index (Phi) is 4.95. The third-order valence-electron chi connectivity index (χ3n) is 3.79. The summed E-state index contributed by atoms with van der Waals surface area (Å²) in [7, 11) is 1.64. The summed E-state index contributed by atoms with van der Waals surface area (Å²) in [5, 5.41) is 16.8. The Morgan fingerprint density at radius 3 is 2.48 bits per heavy atom. The highest BCUT2D eigenvalue weighted by Crippen LogP contribution is 2.26. The van der Waals surface area contributed by atoms with Crippen LogP contribution >= 0.6 is 0 Å². The van der Waals surface area contributed by atoms with E-state index >= 15 is 0 Å². The largest absolute Gasteiger partial charge is 0.497 e. The van der Waals surface area contributed by atoms with Crippen LogP contribution < -0.4 is 4.74 Å². The molecule has 5 nitrogen and oxygen atoms in total. The van der Waals surface area contributed by atoms with Crippen LogP contribution in [0.1, 0.15) is 12.5 Å². The van der Waals surface area contributed by atoms with Crippen LogP contribution in [0, 0.1) is 0 Å². The van der Waals surface area contributed by atoms with E-state index in [0.29, 0.717) is 5.71 Å². The number of nitrogens with zero attached hydrogens (tertiary/aromatic N) is 3. The molecule has 126 valence electrons. The average molecular weight is 333 g/mol. The normalized spacial score (nSPS) is 11.8. The van der Waals surface area contributed by atoms with Crippen LogP contribution in [0.15, 0.2) is 72.0 Å². The molecule has 0 fully saturated rings. The summed E-state index contributed by atoms with van der Waals surface area (Å²) in [6, 6.07) is 17.7. The summed E-state index contributed by atoms with van der Waals surface area (Å²) in [6.45, 7) is 1.73. The number of allylic oxidation sites excluding steroid dienone is 1. The van der Waals surface area contributed by atoms with Gasteiger partial charge < -0.3 is 9.94 Å². The Morgan fingerprint density at radius 2 is 1.84 bits per heavy atom. The molecule has 25 heavy (non-hydrogen) atoms. The van der Waals surface area contributed by atoms with Crippen LogP contribution in [0.3, 0.4) is 0 Å². The Bertz CT molecular complexity index is 894. The molecule has 1 heterocycles. The maximum Gasteiger partial charge on any atom is 0.118 e. The lowest BCUT2D eigenvalue weighted by atomic mass is 10.1. The molecule has 0 unspecified atom stereocenters. The minimum atomic E-state index is 0.521. The van der Waals surface area contributed by atoms with Crippen molar-refractivity contribution in [3.05, 3.63) is 72.4 Å². The molecule has 3 aromatic rings. The Balaban J connectivity index is 2.07. The first-order chi connectivity index (χ1) is 12.2. The predicted molar refractivity (Wildman–Crippen MR) is 99.5 cm³/mol. The highest BCUT2D eigenvalue weighted by Gasteiger charge is 2.10. The molecule has 0 saturated carbocycles. The first-order valence-electron chi connectivity index (χ1n) is 7.87. The zero-order chi connectivity index (χ0) is 17.6. The first kappa shape index (κ1) is 16.5. The van der Waals surface area contributed by atoms with E-state index < -0.39 is 0 Å². The molecule has 0 aliphatic rings. The molecule has 0 radical (unpaired) electrons. The van der Waals surface area contributed by atoms with Crippen LogP contribution in [0.2, 0.25) is 0 Å². The predicted octanol–water partition coefficient (Wildman–Crippen LogP) is 4.41. The Hall–Kier alpha value is -3.34. The lowest BCUT2D eigenvalue weighted by molar-refractivity contribution is 0.319. The highest BCUT2D eigenvalue weighted by atomic mass is 16.5. The van der Waals surface area contributed by atoms with Gasteiger partial charge in [0.05, 0.1) is 24.2 Å². The van der Waals surface area contributed by atoms with E-state index in [9.17, 15) is 0 Å². The molecule has 3 rings (SSSR count). The van der Waals surface area contributed by atoms with Gasteiger partial charge in [0.15, 0.2) is 0 Å². The summed E-state index contributed by atoms with van der Waals surface area (Å²) in [6.07, 6.45) is 5.59. The number of hydrogen-bond acceptors (Lipinski definition) is 4. The van der Waals surface area contributed by atoms with Gasteiger partial charge in [0, 0.05) is 17.3 Å². The quantitative estimate of drug-likeness (QED) is 0.427. The molecule has 0 aliphatic heterocycles. The summed E-state index contributed by atoms with van der Waals surface area (Å²) < 4.78 is 7.06. The molecular formula is C20H19N3O2. The topological polar surface area (TPSA) is 59.6 Å². The van der Waals surface area contributed by atoms with Gasteiger partial charge in [0.25, 0.3) is 0 Å². The molecular weight excluding hydrogens is 314 g/mol. The van der Waals surface area contributed by atoms with Crippen molar-refractivity contribution in [1.82, 2.24) is 9.78 Å². The fourth-order valence-corrected chi connectivity index (χ4v) is 2.44. The zero-order valence-electron chi connectivity index (χ0n) is 14.1. The molecule has 1 N–H and O–H groups in total. The smallest absolute Gasteiger partial charge is 0.118 e. The van der Waals surface area contributed by atoms with E-state index in [-0.39, 0.29) is 0 Å². The highest BCUT2D eigenvalue weighted by molar-refractivity contribution is 5.96. The molecule has 2 aromatic carbocycles. The lowest BCUT2D eigenvalue weighted by Gasteiger charge is -2.02. The minimum absolute atomic E-state index is 0.521. The van der Waals surface area contributed by atoms with Crippen LogP contribution in [-0.2, 0) is 0 Å². The van der Waals surface area contributed by atoms with Crippen molar-refractivity contribution in [1.29, 1.82) is 0 Å². The summed E-state index contributed by atoms with van der Waals surface area (Å²) in [4.78, 5) is 0. The number of methoxy groups -OCH3 is 1. The van der Waals surface area contributed by atoms with Gasteiger partial charge in [-0.25, -0.2) is 4.68 Å². The van der Waals surface area contributed by atoms with E-state index in [1.165, 1.54) is 0 Å². The van der Waals surface area contributed by atoms with Crippen molar-refractivity contribution in [3.8, 4) is 22.7 Å². The second-order valence-electron chi connectivity index (χ2n) is 5.52. The number of oxime groups is 1. The van der Waals surface area contributed by atoms with Crippen LogP contribution in [0.4, 0.5) is 0 Å². The Morgan fingerprint density at radius 1 is 1.12 bits per heavy atom. The number of benzene rings is 2. The van der Waals surface area contributed by atoms with E-state index in [1.807, 2.05) is 71.6 Å². The lowest BCUT2D eigenvalue weighted by Crippen LogP contribution is -1.94. The third kappa shape index (κ3) is 3.77. The van der Waals surface area contributed by atoms with Crippen molar-refractivity contribution >= 4 is 11.8 Å². The molecule has 0 aliphatic carbocycles. The second kappa shape index (κ2) is 7.49. The van der Waals surface area contributed by atoms with Crippen molar-refractivity contribution in [2.75, 3.05) is 7.11 Å². The van der Waals surface area contributed by atoms with Crippen LogP contribution in [-0.4, -0.2) is 27.8 Å². The molecule has 1 aromatic heterocycles. The standard InChI is InChI=1S/C20H19N3O2/c1-15(22-24)8-9-17-14-23(18-6-4-3-5-7-18)21-20(17)16-10-12-19(25-2)13-11-16/h3-14,24H,1-2H3. The van der Waals surface area contributed by atoms with E-state index in [2.05, 4.69) is 5.16 Å². The fraction of sp³-hybridized carbons (Fsp3) is 0.100. The van der Waals surface area contributed by atoms with Gasteiger partial charge in [-0.15, -0.1) is 0 Å². The summed E-state index contributed by atoms with van der Waals surface area (Å²) in [5.41, 5.74) is 4.25. The number of para-hydroxylation sites is 1. The number of ether oxygens (including phenoxy) is 1. The molecule has 0 saturated heterocycles. The number of aromatic nitrogens is 2. The van der Waals surface area contributed by atoms with Crippen molar-refractivity contribution < 1.29 is 9.94 Å². The second-order valence-corrected chi connectivity index (χ2v) is 5.52. The SMILES string of the molecule is COc1ccc(-c2nn(-c3ccccc3)cc2C=CC(C)=NO)cc1. The summed E-state index contributed by atoms with van der Waals surface area (Å²) >= 11 is 0. The van der Waals surface area contributed by atoms with Crippen LogP contribution in [0.5, 0.6) is 5.75 Å². The minimum Gasteiger partial charge on any atom is -0.497 e. The number of rotatable bonds is 5. The van der Waals surface area contributed by atoms with Crippen molar-refractivity contribution in [2.24, 2.45) is 5.16 Å². The van der Waals surface area contributed by atoms with E-state index in [0.717, 1.165) is 28.3 Å². The Labute approximate surface area is 146 Å². The molecule has 0 amide bonds. The zero-order valence-corrected chi connectivity index (χ0v) is 14.1. The number of hydrogen-bond donors (Lipinski definition) is 1. The van der Waals surface area contributed by atoms with Gasteiger partial charge in [-0.1, -0.05) is 23.4 Å². The summed E-state index contributed by atoms with van der Waals surface area (Å²) in [5.74, 6) is 0.798. The third-order valence-corrected chi connectivity index (χ3v) is 3.79. The maximum atomic E-state index is 8.84. The van der Waals surface area contributed by atoms with Gasteiger partial charge in [-0.2, -0.15) is 5.10 Å². The van der Waals surface area contributed by atoms with Gasteiger partial charge in [-0.3, -0.25) is 0 Å². The van der Waals surface area contributed by atoms with Crippen LogP contribution in [0.25, 0.3) is 23.0 Å². The van der Waals surface area contributed by atoms with Crippen molar-refractivity contribution in [2.45, 2.75) is 6.92 Å². The van der Waals surface area contributed by atoms with E-state index in [4.69, 9.17) is 15.0 Å².